The molecule has 2 aromatic heterocycles. The highest BCUT2D eigenvalue weighted by Gasteiger charge is 2.22. The van der Waals surface area contributed by atoms with Gasteiger partial charge in [-0.05, 0) is 55.9 Å². The summed E-state index contributed by atoms with van der Waals surface area (Å²) >= 11 is 0. The summed E-state index contributed by atoms with van der Waals surface area (Å²) in [5, 5.41) is 17.8. The molecule has 3 amide bonds. The molecule has 0 radical (unpaired) electrons. The number of aliphatic carboxylic acids is 1. The Morgan fingerprint density at radius 2 is 1.37 bits per heavy atom. The molecule has 0 bridgehead atoms. The number of carboxylic acids is 1. The van der Waals surface area contributed by atoms with Crippen molar-refractivity contribution in [3.05, 3.63) is 41.7 Å². The van der Waals surface area contributed by atoms with E-state index in [0.717, 1.165) is 12.1 Å². The zero-order valence-corrected chi connectivity index (χ0v) is 33.2. The smallest absolute Gasteiger partial charge is 0.326 e. The van der Waals surface area contributed by atoms with Crippen LogP contribution >= 0.6 is 0 Å². The fourth-order valence-electron chi connectivity index (χ4n) is 5.14. The van der Waals surface area contributed by atoms with Crippen molar-refractivity contribution >= 4 is 52.3 Å². The third-order valence-electron chi connectivity index (χ3n) is 8.37. The van der Waals surface area contributed by atoms with E-state index in [4.69, 9.17) is 30.4 Å². The molecule has 19 nitrogen and oxygen atoms in total. The normalized spacial score (nSPS) is 11.7. The summed E-state index contributed by atoms with van der Waals surface area (Å²) in [6, 6.07) is 5.36. The summed E-state index contributed by atoms with van der Waals surface area (Å²) in [7, 11) is 1.83. The Labute approximate surface area is 333 Å². The number of carboxylic acid groups (broad SMARTS) is 1. The van der Waals surface area contributed by atoms with Crippen molar-refractivity contribution in [3.8, 4) is 0 Å². The molecule has 1 unspecified atom stereocenters. The Morgan fingerprint density at radius 1 is 0.772 bits per heavy atom. The first-order chi connectivity index (χ1) is 27.4. The lowest BCUT2D eigenvalue weighted by molar-refractivity contribution is -0.139. The average Bonchev–Trinajstić information content (AvgIpc) is 3.17. The lowest BCUT2D eigenvalue weighted by Crippen LogP contribution is -2.41. The molecule has 314 valence electrons. The van der Waals surface area contributed by atoms with Crippen LogP contribution in [0.5, 0.6) is 0 Å². The molecule has 0 saturated heterocycles. The van der Waals surface area contributed by atoms with Crippen molar-refractivity contribution in [1.82, 2.24) is 35.9 Å². The van der Waals surface area contributed by atoms with Crippen molar-refractivity contribution in [2.24, 2.45) is 5.92 Å². The van der Waals surface area contributed by atoms with Crippen LogP contribution in [0.3, 0.4) is 0 Å². The van der Waals surface area contributed by atoms with E-state index in [0.29, 0.717) is 115 Å². The standard InChI is InChI=1S/C38H58N10O9/c1-26(2)12-18-56-19-13-32(50)42-15-5-17-55-21-23-57-22-20-54-16-4-14-41-31(49)11-10-30(37(52)53)45-36(51)27-6-8-29(9-7-27)48(3)25-28-24-43-35-33(44-28)34(39)46-38(40)47-35/h6-9,24,26,30H,4-5,10-23,25H2,1-3H3,(H,41,49)(H,42,50)(H,45,51)(H,52,53)(H4,39,40,43,46,47). The second-order valence-corrected chi connectivity index (χ2v) is 13.6. The van der Waals surface area contributed by atoms with E-state index in [1.165, 1.54) is 0 Å². The van der Waals surface area contributed by atoms with Gasteiger partial charge in [0, 0.05) is 64.1 Å². The number of hydrogen-bond donors (Lipinski definition) is 6. The number of anilines is 3. The minimum Gasteiger partial charge on any atom is -0.480 e. The van der Waals surface area contributed by atoms with E-state index in [9.17, 15) is 24.3 Å². The lowest BCUT2D eigenvalue weighted by Gasteiger charge is -2.19. The molecule has 0 aliphatic carbocycles. The minimum atomic E-state index is -1.25. The molecule has 8 N–H and O–H groups in total. The number of nitrogens with two attached hydrogens (primary N) is 2. The Kier molecular flexibility index (Phi) is 20.9. The number of benzene rings is 1. The number of nitrogen functional groups attached to an aromatic ring is 2. The molecule has 3 rings (SSSR count). The van der Waals surface area contributed by atoms with Crippen LogP contribution in [0.2, 0.25) is 0 Å². The van der Waals surface area contributed by atoms with Crippen LogP contribution in [0.1, 0.15) is 68.4 Å². The summed E-state index contributed by atoms with van der Waals surface area (Å²) in [5.74, 6) is -1.44. The third-order valence-corrected chi connectivity index (χ3v) is 8.37. The van der Waals surface area contributed by atoms with E-state index in [1.54, 1.807) is 30.5 Å². The lowest BCUT2D eigenvalue weighted by atomic mass is 10.1. The third kappa shape index (κ3) is 18.5. The number of ether oxygens (including phenoxy) is 4. The van der Waals surface area contributed by atoms with Crippen LogP contribution in [-0.2, 0) is 39.9 Å². The first-order valence-corrected chi connectivity index (χ1v) is 19.2. The molecular formula is C38H58N10O9. The molecular weight excluding hydrogens is 740 g/mol. The number of carbonyl (C=O) groups excluding carboxylic acids is 3. The maximum absolute atomic E-state index is 12.9. The van der Waals surface area contributed by atoms with Crippen LogP contribution < -0.4 is 32.3 Å². The van der Waals surface area contributed by atoms with Gasteiger partial charge in [0.25, 0.3) is 5.91 Å². The number of rotatable bonds is 29. The summed E-state index contributed by atoms with van der Waals surface area (Å²) in [6.07, 6.45) is 4.03. The van der Waals surface area contributed by atoms with Crippen LogP contribution in [0.25, 0.3) is 11.2 Å². The van der Waals surface area contributed by atoms with Gasteiger partial charge in [0.05, 0.1) is 51.5 Å². The molecule has 3 aromatic rings. The molecule has 1 aromatic carbocycles. The maximum Gasteiger partial charge on any atom is 0.326 e. The molecule has 0 saturated carbocycles. The zero-order chi connectivity index (χ0) is 41.4. The maximum atomic E-state index is 12.9. The summed E-state index contributed by atoms with van der Waals surface area (Å²) in [4.78, 5) is 67.4. The topological polar surface area (TPSA) is 268 Å². The molecule has 57 heavy (non-hydrogen) atoms. The minimum absolute atomic E-state index is 0.0116. The van der Waals surface area contributed by atoms with E-state index in [2.05, 4.69) is 49.7 Å². The van der Waals surface area contributed by atoms with Gasteiger partial charge in [-0.1, -0.05) is 13.8 Å². The van der Waals surface area contributed by atoms with Gasteiger partial charge in [0.2, 0.25) is 17.8 Å². The van der Waals surface area contributed by atoms with Crippen molar-refractivity contribution in [2.45, 2.75) is 65.0 Å². The van der Waals surface area contributed by atoms with E-state index >= 15 is 0 Å². The monoisotopic (exact) mass is 798 g/mol. The summed E-state index contributed by atoms with van der Waals surface area (Å²) in [5.41, 5.74) is 13.8. The van der Waals surface area contributed by atoms with Crippen LogP contribution in [0.15, 0.2) is 30.5 Å². The molecule has 2 heterocycles. The van der Waals surface area contributed by atoms with Crippen molar-refractivity contribution in [2.75, 3.05) is 89.4 Å². The van der Waals surface area contributed by atoms with E-state index < -0.39 is 17.9 Å². The van der Waals surface area contributed by atoms with Gasteiger partial charge < -0.3 is 56.4 Å². The van der Waals surface area contributed by atoms with Crippen molar-refractivity contribution in [3.63, 3.8) is 0 Å². The highest BCUT2D eigenvalue weighted by molar-refractivity contribution is 5.97. The van der Waals surface area contributed by atoms with Gasteiger partial charge in [-0.25, -0.2) is 14.8 Å². The fraction of sp³-hybridized carbons (Fsp3) is 0.579. The molecule has 0 aliphatic rings. The van der Waals surface area contributed by atoms with Gasteiger partial charge in [-0.2, -0.15) is 9.97 Å². The molecule has 1 atom stereocenters. The molecule has 0 fully saturated rings. The van der Waals surface area contributed by atoms with E-state index in [-0.39, 0.29) is 42.0 Å². The number of amides is 3. The van der Waals surface area contributed by atoms with Crippen molar-refractivity contribution < 1.29 is 43.2 Å². The Bertz CT molecular complexity index is 1700. The van der Waals surface area contributed by atoms with Gasteiger partial charge in [0.1, 0.15) is 6.04 Å². The summed E-state index contributed by atoms with van der Waals surface area (Å²) in [6.45, 7) is 9.25. The largest absolute Gasteiger partial charge is 0.480 e. The SMILES string of the molecule is CC(C)CCOCCC(=O)NCCCOCCOCCOCCCNC(=O)CCC(NC(=O)c1ccc(N(C)Cc2cnc3nc(N)nc(N)c3n2)cc1)C(=O)O. The quantitative estimate of drug-likeness (QED) is 0.0546. The van der Waals surface area contributed by atoms with E-state index in [1.807, 2.05) is 11.9 Å². The zero-order valence-electron chi connectivity index (χ0n) is 33.2. The van der Waals surface area contributed by atoms with Gasteiger partial charge in [-0.3, -0.25) is 14.4 Å². The predicted octanol–water partition coefficient (Wildman–Crippen LogP) is 1.70. The number of nitrogens with one attached hydrogen (secondary N) is 3. The Morgan fingerprint density at radius 3 is 1.98 bits per heavy atom. The van der Waals surface area contributed by atoms with Crippen molar-refractivity contribution in [1.29, 1.82) is 0 Å². The van der Waals surface area contributed by atoms with Crippen LogP contribution in [0, 0.1) is 5.92 Å². The second-order valence-electron chi connectivity index (χ2n) is 13.6. The molecule has 0 spiro atoms. The summed E-state index contributed by atoms with van der Waals surface area (Å²) < 4.78 is 22.0. The highest BCUT2D eigenvalue weighted by atomic mass is 16.5. The second kappa shape index (κ2) is 25.8. The van der Waals surface area contributed by atoms with Gasteiger partial charge in [0.15, 0.2) is 17.0 Å². The number of nitrogens with zero attached hydrogens (tertiary/aromatic N) is 5. The Hall–Kier alpha value is -5.24. The Balaban J connectivity index is 1.19. The predicted molar refractivity (Wildman–Crippen MR) is 213 cm³/mol. The number of fused-ring (bicyclic) bond motifs is 1. The van der Waals surface area contributed by atoms with Crippen LogP contribution in [-0.4, -0.2) is 128 Å². The molecule has 0 aliphatic heterocycles. The first-order valence-electron chi connectivity index (χ1n) is 19.2. The first kappa shape index (κ1) is 46.1. The average molecular weight is 799 g/mol. The number of hydrogen-bond acceptors (Lipinski definition) is 15. The van der Waals surface area contributed by atoms with Crippen LogP contribution in [0.4, 0.5) is 17.5 Å². The number of aromatic nitrogens is 4. The highest BCUT2D eigenvalue weighted by Crippen LogP contribution is 2.19. The number of carbonyl (C=O) groups is 4. The fourth-order valence-corrected chi connectivity index (χ4v) is 5.14. The van der Waals surface area contributed by atoms with Gasteiger partial charge >= 0.3 is 5.97 Å². The van der Waals surface area contributed by atoms with Gasteiger partial charge in [-0.15, -0.1) is 0 Å². The molecule has 19 heteroatoms.